The minimum Gasteiger partial charge on any atom is -0.493 e. The lowest BCUT2D eigenvalue weighted by Gasteiger charge is -2.25. The molecule has 1 aromatic carbocycles. The first-order chi connectivity index (χ1) is 12.1. The third kappa shape index (κ3) is 3.78. The van der Waals surface area contributed by atoms with E-state index < -0.39 is 0 Å². The number of amides is 1. The van der Waals surface area contributed by atoms with E-state index in [4.69, 9.17) is 14.0 Å². The topological polar surface area (TPSA) is 73.6 Å². The van der Waals surface area contributed by atoms with Gasteiger partial charge in [0.05, 0.1) is 18.7 Å². The summed E-state index contributed by atoms with van der Waals surface area (Å²) in [6, 6.07) is 5.77. The summed E-state index contributed by atoms with van der Waals surface area (Å²) in [5, 5.41) is 6.96. The number of nitrogens with zero attached hydrogens (tertiary/aromatic N) is 1. The fourth-order valence-electron chi connectivity index (χ4n) is 3.20. The third-order valence-corrected chi connectivity index (χ3v) is 4.63. The van der Waals surface area contributed by atoms with Crippen LogP contribution in [0.4, 0.5) is 0 Å². The van der Waals surface area contributed by atoms with Crippen molar-refractivity contribution >= 4 is 5.91 Å². The molecule has 134 valence electrons. The summed E-state index contributed by atoms with van der Waals surface area (Å²) in [5.41, 5.74) is 3.08. The fraction of sp³-hybridized carbons (Fsp3) is 0.474. The lowest BCUT2D eigenvalue weighted by atomic mass is 9.95. The zero-order chi connectivity index (χ0) is 17.8. The molecule has 2 aromatic rings. The monoisotopic (exact) mass is 344 g/mol. The van der Waals surface area contributed by atoms with Gasteiger partial charge in [0.25, 0.3) is 0 Å². The number of hydrogen-bond acceptors (Lipinski definition) is 5. The number of ether oxygens (including phenoxy) is 2. The maximum atomic E-state index is 12.4. The number of aromatic nitrogens is 1. The van der Waals surface area contributed by atoms with Gasteiger partial charge >= 0.3 is 0 Å². The molecule has 0 bridgehead atoms. The second-order valence-corrected chi connectivity index (χ2v) is 6.36. The zero-order valence-electron chi connectivity index (χ0n) is 14.9. The van der Waals surface area contributed by atoms with Crippen LogP contribution in [0.3, 0.4) is 0 Å². The van der Waals surface area contributed by atoms with Crippen LogP contribution in [0, 0.1) is 19.8 Å². The Hall–Kier alpha value is -2.50. The minimum absolute atomic E-state index is 0.0345. The van der Waals surface area contributed by atoms with Crippen LogP contribution in [0.25, 0.3) is 0 Å². The molecule has 3 rings (SSSR count). The van der Waals surface area contributed by atoms with Crippen molar-refractivity contribution in [3.05, 3.63) is 40.8 Å². The number of nitrogens with one attached hydrogen (secondary N) is 1. The highest BCUT2D eigenvalue weighted by Crippen LogP contribution is 2.36. The van der Waals surface area contributed by atoms with Gasteiger partial charge in [-0.1, -0.05) is 17.3 Å². The summed E-state index contributed by atoms with van der Waals surface area (Å²) >= 11 is 0. The van der Waals surface area contributed by atoms with E-state index in [-0.39, 0.29) is 11.8 Å². The Morgan fingerprint density at radius 1 is 1.40 bits per heavy atom. The average molecular weight is 344 g/mol. The second kappa shape index (κ2) is 7.59. The van der Waals surface area contributed by atoms with Crippen molar-refractivity contribution in [3.63, 3.8) is 0 Å². The van der Waals surface area contributed by atoms with E-state index in [1.54, 1.807) is 7.11 Å². The van der Waals surface area contributed by atoms with E-state index >= 15 is 0 Å². The number of benzene rings is 1. The number of para-hydroxylation sites is 1. The van der Waals surface area contributed by atoms with Crippen LogP contribution in [-0.2, 0) is 17.6 Å². The van der Waals surface area contributed by atoms with Crippen LogP contribution < -0.4 is 14.8 Å². The highest BCUT2D eigenvalue weighted by Gasteiger charge is 2.27. The number of methoxy groups -OCH3 is 1. The van der Waals surface area contributed by atoms with Gasteiger partial charge in [-0.3, -0.25) is 4.79 Å². The van der Waals surface area contributed by atoms with Gasteiger partial charge in [-0.05, 0) is 44.7 Å². The Morgan fingerprint density at radius 3 is 2.96 bits per heavy atom. The molecule has 6 nitrogen and oxygen atoms in total. The normalized spacial score (nSPS) is 16.0. The zero-order valence-corrected chi connectivity index (χ0v) is 14.9. The maximum Gasteiger partial charge on any atom is 0.226 e. The lowest BCUT2D eigenvalue weighted by molar-refractivity contribution is -0.126. The van der Waals surface area contributed by atoms with Gasteiger partial charge < -0.3 is 19.3 Å². The number of carbonyl (C=O) groups is 1. The van der Waals surface area contributed by atoms with Crippen molar-refractivity contribution in [2.75, 3.05) is 20.3 Å². The Kier molecular flexibility index (Phi) is 5.26. The molecule has 1 aromatic heterocycles. The van der Waals surface area contributed by atoms with Gasteiger partial charge in [-0.15, -0.1) is 0 Å². The van der Waals surface area contributed by atoms with E-state index in [2.05, 4.69) is 10.5 Å². The second-order valence-electron chi connectivity index (χ2n) is 6.36. The molecule has 6 heteroatoms. The molecule has 25 heavy (non-hydrogen) atoms. The van der Waals surface area contributed by atoms with Crippen LogP contribution in [0.5, 0.6) is 11.5 Å². The van der Waals surface area contributed by atoms with Gasteiger partial charge in [0.1, 0.15) is 12.4 Å². The number of aryl methyl sites for hydroxylation is 2. The van der Waals surface area contributed by atoms with Crippen molar-refractivity contribution in [1.29, 1.82) is 0 Å². The fourth-order valence-corrected chi connectivity index (χ4v) is 3.20. The molecule has 0 fully saturated rings. The van der Waals surface area contributed by atoms with Crippen LogP contribution in [0.1, 0.15) is 29.0 Å². The largest absolute Gasteiger partial charge is 0.493 e. The SMILES string of the molecule is COc1cccc2c1OC[C@@H](C(=O)NCCCc1c(C)noc1C)C2. The predicted molar refractivity (Wildman–Crippen MR) is 93.0 cm³/mol. The third-order valence-electron chi connectivity index (χ3n) is 4.63. The Bertz CT molecular complexity index is 734. The van der Waals surface area contributed by atoms with Gasteiger partial charge in [-0.2, -0.15) is 0 Å². The summed E-state index contributed by atoms with van der Waals surface area (Å²) < 4.78 is 16.2. The lowest BCUT2D eigenvalue weighted by Crippen LogP contribution is -2.37. The van der Waals surface area contributed by atoms with Gasteiger partial charge in [-0.25, -0.2) is 0 Å². The van der Waals surface area contributed by atoms with Crippen molar-refractivity contribution in [3.8, 4) is 11.5 Å². The molecule has 0 aliphatic carbocycles. The van der Waals surface area contributed by atoms with Crippen molar-refractivity contribution < 1.29 is 18.8 Å². The molecule has 0 spiro atoms. The molecule has 0 saturated carbocycles. The Morgan fingerprint density at radius 2 is 2.24 bits per heavy atom. The standard InChI is InChI=1S/C19H24N2O4/c1-12-16(13(2)25-21-12)7-5-9-20-19(22)15-10-14-6-4-8-17(23-3)18(14)24-11-15/h4,6,8,15H,5,7,9-11H2,1-3H3,(H,20,22)/t15-/m0/s1. The highest BCUT2D eigenvalue weighted by atomic mass is 16.5. The number of hydrogen-bond donors (Lipinski definition) is 1. The van der Waals surface area contributed by atoms with Crippen molar-refractivity contribution in [2.24, 2.45) is 5.92 Å². The first-order valence-electron chi connectivity index (χ1n) is 8.58. The number of carbonyl (C=O) groups excluding carboxylic acids is 1. The molecule has 1 atom stereocenters. The number of fused-ring (bicyclic) bond motifs is 1. The molecule has 2 heterocycles. The average Bonchev–Trinajstić information content (AvgIpc) is 2.95. The molecule has 1 amide bonds. The summed E-state index contributed by atoms with van der Waals surface area (Å²) in [6.07, 6.45) is 2.37. The molecular formula is C19H24N2O4. The Balaban J connectivity index is 1.49. The molecule has 1 aliphatic heterocycles. The molecule has 0 saturated heterocycles. The predicted octanol–water partition coefficient (Wildman–Crippen LogP) is 2.60. The first-order valence-corrected chi connectivity index (χ1v) is 8.58. The Labute approximate surface area is 147 Å². The van der Waals surface area contributed by atoms with Gasteiger partial charge in [0.15, 0.2) is 11.5 Å². The van der Waals surface area contributed by atoms with E-state index in [1.165, 1.54) is 0 Å². The van der Waals surface area contributed by atoms with Gasteiger partial charge in [0, 0.05) is 12.1 Å². The van der Waals surface area contributed by atoms with E-state index in [0.717, 1.165) is 46.9 Å². The smallest absolute Gasteiger partial charge is 0.226 e. The quantitative estimate of drug-likeness (QED) is 0.816. The van der Waals surface area contributed by atoms with E-state index in [0.29, 0.717) is 19.6 Å². The minimum atomic E-state index is -0.168. The summed E-state index contributed by atoms with van der Waals surface area (Å²) in [6.45, 7) is 4.86. The summed E-state index contributed by atoms with van der Waals surface area (Å²) in [5.74, 6) is 2.20. The molecular weight excluding hydrogens is 320 g/mol. The first kappa shape index (κ1) is 17.3. The molecule has 0 unspecified atom stereocenters. The number of rotatable bonds is 6. The molecule has 1 N–H and O–H groups in total. The summed E-state index contributed by atoms with van der Waals surface area (Å²) in [7, 11) is 1.62. The molecule has 0 radical (unpaired) electrons. The molecule has 1 aliphatic rings. The van der Waals surface area contributed by atoms with Crippen molar-refractivity contribution in [2.45, 2.75) is 33.1 Å². The van der Waals surface area contributed by atoms with E-state index in [1.807, 2.05) is 32.0 Å². The highest BCUT2D eigenvalue weighted by molar-refractivity contribution is 5.79. The van der Waals surface area contributed by atoms with Crippen LogP contribution in [-0.4, -0.2) is 31.3 Å². The van der Waals surface area contributed by atoms with Crippen LogP contribution in [0.2, 0.25) is 0 Å². The van der Waals surface area contributed by atoms with Crippen LogP contribution in [0.15, 0.2) is 22.7 Å². The van der Waals surface area contributed by atoms with Gasteiger partial charge in [0.2, 0.25) is 5.91 Å². The maximum absolute atomic E-state index is 12.4. The van der Waals surface area contributed by atoms with Crippen LogP contribution >= 0.6 is 0 Å². The summed E-state index contributed by atoms with van der Waals surface area (Å²) in [4.78, 5) is 12.4. The van der Waals surface area contributed by atoms with Crippen molar-refractivity contribution in [1.82, 2.24) is 10.5 Å². The van der Waals surface area contributed by atoms with E-state index in [9.17, 15) is 4.79 Å².